The Balaban J connectivity index is 1.50. The van der Waals surface area contributed by atoms with E-state index in [1.165, 1.54) is 20.5 Å². The van der Waals surface area contributed by atoms with Crippen LogP contribution < -0.4 is 10.1 Å². The van der Waals surface area contributed by atoms with Crippen LogP contribution in [-0.2, 0) is 23.9 Å². The summed E-state index contributed by atoms with van der Waals surface area (Å²) in [6, 6.07) is 9.03. The van der Waals surface area contributed by atoms with E-state index < -0.39 is 42.0 Å². The number of aliphatic carboxylic acids is 1. The third-order valence-corrected chi connectivity index (χ3v) is 6.43. The molecule has 2 atom stereocenters. The third-order valence-electron chi connectivity index (χ3n) is 6.43. The first kappa shape index (κ1) is 28.4. The van der Waals surface area contributed by atoms with Crippen LogP contribution in [0.1, 0.15) is 36.7 Å². The molecule has 1 aromatic carbocycles. The largest absolute Gasteiger partial charge is 0.481 e. The molecule has 3 heterocycles. The molecule has 214 valence electrons. The summed E-state index contributed by atoms with van der Waals surface area (Å²) >= 11 is 0. The standard InChI is InChI=1S/C26H31N5O9/c1-2-38-26(37)30-13-11-29(12-14-30)24(35)18(8-9-22(32)33)27-23(34)19-16-21(40-20-10-15-39-25(20)36)31(28-19)17-6-4-3-5-7-17/h3-7,16,18,20H,2,8-15H2,1H3,(H,27,34)(H,32,33). The molecule has 4 rings (SSSR count). The summed E-state index contributed by atoms with van der Waals surface area (Å²) < 4.78 is 17.2. The molecule has 1 aromatic heterocycles. The predicted octanol–water partition coefficient (Wildman–Crippen LogP) is 0.831. The second-order valence-corrected chi connectivity index (χ2v) is 9.15. The number of carboxylic acids is 1. The molecule has 2 saturated heterocycles. The maximum atomic E-state index is 13.3. The summed E-state index contributed by atoms with van der Waals surface area (Å²) in [5, 5.41) is 16.2. The number of esters is 1. The highest BCUT2D eigenvalue weighted by Crippen LogP contribution is 2.23. The van der Waals surface area contributed by atoms with Gasteiger partial charge in [-0.15, -0.1) is 0 Å². The molecule has 0 spiro atoms. The zero-order valence-corrected chi connectivity index (χ0v) is 22.0. The highest BCUT2D eigenvalue weighted by Gasteiger charge is 2.33. The first-order valence-corrected chi connectivity index (χ1v) is 13.0. The number of piperazine rings is 1. The molecule has 0 saturated carbocycles. The first-order chi connectivity index (χ1) is 19.3. The lowest BCUT2D eigenvalue weighted by Gasteiger charge is -2.35. The average Bonchev–Trinajstić information content (AvgIpc) is 3.57. The highest BCUT2D eigenvalue weighted by molar-refractivity contribution is 5.96. The summed E-state index contributed by atoms with van der Waals surface area (Å²) in [6.45, 7) is 3.06. The van der Waals surface area contributed by atoms with Crippen LogP contribution in [0, 0.1) is 0 Å². The van der Waals surface area contributed by atoms with Crippen molar-refractivity contribution >= 4 is 29.8 Å². The quantitative estimate of drug-likeness (QED) is 0.399. The van der Waals surface area contributed by atoms with Gasteiger partial charge in [-0.1, -0.05) is 18.2 Å². The third kappa shape index (κ3) is 6.87. The number of nitrogens with zero attached hydrogens (tertiary/aromatic N) is 4. The van der Waals surface area contributed by atoms with Crippen LogP contribution in [0.5, 0.6) is 5.88 Å². The van der Waals surface area contributed by atoms with Crippen LogP contribution in [0.4, 0.5) is 4.79 Å². The van der Waals surface area contributed by atoms with Crippen LogP contribution in [0.3, 0.4) is 0 Å². The zero-order valence-electron chi connectivity index (χ0n) is 22.0. The van der Waals surface area contributed by atoms with Crippen molar-refractivity contribution in [2.75, 3.05) is 39.4 Å². The molecule has 2 N–H and O–H groups in total. The van der Waals surface area contributed by atoms with Crippen LogP contribution in [0.25, 0.3) is 5.69 Å². The topological polar surface area (TPSA) is 170 Å². The van der Waals surface area contributed by atoms with Gasteiger partial charge in [0.2, 0.25) is 17.9 Å². The fourth-order valence-electron chi connectivity index (χ4n) is 4.35. The maximum absolute atomic E-state index is 13.3. The van der Waals surface area contributed by atoms with Gasteiger partial charge in [-0.3, -0.25) is 14.4 Å². The van der Waals surface area contributed by atoms with Gasteiger partial charge in [0.15, 0.2) is 5.69 Å². The summed E-state index contributed by atoms with van der Waals surface area (Å²) in [5.74, 6) is -2.70. The van der Waals surface area contributed by atoms with E-state index in [0.717, 1.165) is 0 Å². The van der Waals surface area contributed by atoms with Crippen molar-refractivity contribution in [3.05, 3.63) is 42.1 Å². The van der Waals surface area contributed by atoms with Crippen molar-refractivity contribution in [1.82, 2.24) is 24.9 Å². The number of hydrogen-bond donors (Lipinski definition) is 2. The number of carboxylic acid groups (broad SMARTS) is 1. The summed E-state index contributed by atoms with van der Waals surface area (Å²) in [5.41, 5.74) is 0.478. The first-order valence-electron chi connectivity index (χ1n) is 13.0. The lowest BCUT2D eigenvalue weighted by molar-refractivity contribution is -0.143. The van der Waals surface area contributed by atoms with Crippen molar-refractivity contribution in [3.63, 3.8) is 0 Å². The van der Waals surface area contributed by atoms with E-state index >= 15 is 0 Å². The Labute approximate surface area is 229 Å². The van der Waals surface area contributed by atoms with E-state index in [4.69, 9.17) is 14.2 Å². The van der Waals surface area contributed by atoms with Crippen LogP contribution in [0.2, 0.25) is 0 Å². The number of ether oxygens (including phenoxy) is 3. The van der Waals surface area contributed by atoms with Crippen LogP contribution >= 0.6 is 0 Å². The predicted molar refractivity (Wildman–Crippen MR) is 137 cm³/mol. The molecule has 2 aromatic rings. The lowest BCUT2D eigenvalue weighted by Crippen LogP contribution is -2.56. The van der Waals surface area contributed by atoms with Gasteiger partial charge in [0.25, 0.3) is 5.91 Å². The fourth-order valence-corrected chi connectivity index (χ4v) is 4.35. The fraction of sp³-hybridized carbons (Fsp3) is 0.462. The van der Waals surface area contributed by atoms with Crippen molar-refractivity contribution in [1.29, 1.82) is 0 Å². The molecular weight excluding hydrogens is 526 g/mol. The lowest BCUT2D eigenvalue weighted by atomic mass is 10.1. The number of carbonyl (C=O) groups excluding carboxylic acids is 4. The minimum Gasteiger partial charge on any atom is -0.481 e. The SMILES string of the molecule is CCOC(=O)N1CCN(C(=O)C(CCC(=O)O)NC(=O)c2cc(OC3CCOC3=O)n(-c3ccccc3)n2)CC1. The smallest absolute Gasteiger partial charge is 0.409 e. The maximum Gasteiger partial charge on any atom is 0.409 e. The minimum absolute atomic E-state index is 0.0922. The van der Waals surface area contributed by atoms with Gasteiger partial charge >= 0.3 is 18.0 Å². The van der Waals surface area contributed by atoms with Gasteiger partial charge in [-0.05, 0) is 25.5 Å². The van der Waals surface area contributed by atoms with Gasteiger partial charge in [0, 0.05) is 45.1 Å². The molecular formula is C26H31N5O9. The van der Waals surface area contributed by atoms with E-state index in [1.807, 2.05) is 0 Å². The molecule has 3 amide bonds. The summed E-state index contributed by atoms with van der Waals surface area (Å²) in [7, 11) is 0. The Kier molecular flexibility index (Phi) is 9.19. The minimum atomic E-state index is -1.14. The Hall–Kier alpha value is -4.62. The van der Waals surface area contributed by atoms with Gasteiger partial charge < -0.3 is 34.4 Å². The van der Waals surface area contributed by atoms with Crippen LogP contribution in [-0.4, -0.2) is 106 Å². The number of cyclic esters (lactones) is 1. The number of benzene rings is 1. The molecule has 2 aliphatic rings. The van der Waals surface area contributed by atoms with Crippen molar-refractivity contribution in [2.24, 2.45) is 0 Å². The van der Waals surface area contributed by atoms with E-state index in [-0.39, 0.29) is 63.8 Å². The highest BCUT2D eigenvalue weighted by atomic mass is 16.6. The number of rotatable bonds is 10. The van der Waals surface area contributed by atoms with Gasteiger partial charge in [0.1, 0.15) is 6.04 Å². The van der Waals surface area contributed by atoms with Crippen molar-refractivity contribution < 1.29 is 43.3 Å². The van der Waals surface area contributed by atoms with Crippen LogP contribution in [0.15, 0.2) is 36.4 Å². The molecule has 0 radical (unpaired) electrons. The van der Waals surface area contributed by atoms with Gasteiger partial charge in [0.05, 0.1) is 18.9 Å². The number of nitrogens with one attached hydrogen (secondary N) is 1. The number of hydrogen-bond acceptors (Lipinski definition) is 9. The van der Waals surface area contributed by atoms with E-state index in [9.17, 15) is 29.1 Å². The van der Waals surface area contributed by atoms with Gasteiger partial charge in [-0.2, -0.15) is 5.10 Å². The van der Waals surface area contributed by atoms with E-state index in [0.29, 0.717) is 12.1 Å². The molecule has 40 heavy (non-hydrogen) atoms. The average molecular weight is 558 g/mol. The molecule has 0 bridgehead atoms. The van der Waals surface area contributed by atoms with Crippen molar-refractivity contribution in [2.45, 2.75) is 38.3 Å². The Morgan fingerprint density at radius 2 is 1.82 bits per heavy atom. The number of carbonyl (C=O) groups is 5. The van der Waals surface area contributed by atoms with Crippen molar-refractivity contribution in [3.8, 4) is 11.6 Å². The summed E-state index contributed by atoms with van der Waals surface area (Å²) in [6.07, 6.45) is -1.48. The number of aromatic nitrogens is 2. The second kappa shape index (κ2) is 13.0. The Morgan fingerprint density at radius 3 is 2.45 bits per heavy atom. The summed E-state index contributed by atoms with van der Waals surface area (Å²) in [4.78, 5) is 64.8. The zero-order chi connectivity index (χ0) is 28.6. The number of para-hydroxylation sites is 1. The molecule has 2 aliphatic heterocycles. The molecule has 14 nitrogen and oxygen atoms in total. The Morgan fingerprint density at radius 1 is 1.12 bits per heavy atom. The monoisotopic (exact) mass is 557 g/mol. The van der Waals surface area contributed by atoms with E-state index in [1.54, 1.807) is 37.3 Å². The van der Waals surface area contributed by atoms with Gasteiger partial charge in [-0.25, -0.2) is 14.3 Å². The van der Waals surface area contributed by atoms with E-state index in [2.05, 4.69) is 10.4 Å². The molecule has 14 heteroatoms. The molecule has 0 aliphatic carbocycles. The molecule has 2 fully saturated rings. The Bertz CT molecular complexity index is 1240. The second-order valence-electron chi connectivity index (χ2n) is 9.15. The number of amides is 3. The normalized spacial score (nSPS) is 17.6. The molecule has 2 unspecified atom stereocenters.